The molecule has 0 N–H and O–H groups in total. The Labute approximate surface area is 92.5 Å². The third-order valence-electron chi connectivity index (χ3n) is 3.27. The van der Waals surface area contributed by atoms with Crippen molar-refractivity contribution in [3.8, 4) is 5.75 Å². The van der Waals surface area contributed by atoms with E-state index in [0.717, 1.165) is 5.75 Å². The van der Waals surface area contributed by atoms with Gasteiger partial charge in [-0.05, 0) is 20.3 Å². The summed E-state index contributed by atoms with van der Waals surface area (Å²) < 4.78 is 5.95. The summed E-state index contributed by atoms with van der Waals surface area (Å²) in [6.07, 6.45) is 3.73. The van der Waals surface area contributed by atoms with E-state index in [0.29, 0.717) is 5.92 Å². The van der Waals surface area contributed by atoms with Crippen LogP contribution in [-0.4, -0.2) is 5.60 Å². The lowest BCUT2D eigenvalue weighted by molar-refractivity contribution is 0.105. The maximum atomic E-state index is 5.95. The van der Waals surface area contributed by atoms with Gasteiger partial charge in [0.2, 0.25) is 0 Å². The van der Waals surface area contributed by atoms with Gasteiger partial charge in [0.1, 0.15) is 11.4 Å². The summed E-state index contributed by atoms with van der Waals surface area (Å²) in [5, 5.41) is 0. The minimum Gasteiger partial charge on any atom is -0.486 e. The van der Waals surface area contributed by atoms with Crippen LogP contribution >= 0.6 is 0 Å². The number of para-hydroxylation sites is 1. The van der Waals surface area contributed by atoms with E-state index in [4.69, 9.17) is 4.74 Å². The molecule has 2 rings (SSSR count). The summed E-state index contributed by atoms with van der Waals surface area (Å²) in [5.74, 6) is 1.49. The van der Waals surface area contributed by atoms with E-state index in [2.05, 4.69) is 39.0 Å². The second-order valence-electron chi connectivity index (χ2n) is 4.85. The maximum absolute atomic E-state index is 5.95. The van der Waals surface area contributed by atoms with Crippen molar-refractivity contribution < 1.29 is 4.74 Å². The average Bonchev–Trinajstić information content (AvgIpc) is 2.45. The number of rotatable bonds is 3. The second kappa shape index (κ2) is 3.88. The van der Waals surface area contributed by atoms with Crippen LogP contribution in [0.2, 0.25) is 0 Å². The molecular weight excluding hydrogens is 184 g/mol. The van der Waals surface area contributed by atoms with Gasteiger partial charge in [0.15, 0.2) is 0 Å². The third-order valence-corrected chi connectivity index (χ3v) is 3.27. The van der Waals surface area contributed by atoms with Gasteiger partial charge in [0, 0.05) is 17.5 Å². The first-order valence-corrected chi connectivity index (χ1v) is 5.84. The van der Waals surface area contributed by atoms with Crippen molar-refractivity contribution in [2.45, 2.75) is 51.6 Å². The summed E-state index contributed by atoms with van der Waals surface area (Å²) in [6.45, 7) is 6.60. The number of fused-ring (bicyclic) bond motifs is 1. The molecule has 0 saturated heterocycles. The lowest BCUT2D eigenvalue weighted by Crippen LogP contribution is -2.30. The zero-order valence-corrected chi connectivity index (χ0v) is 9.84. The third kappa shape index (κ3) is 1.88. The number of ether oxygens (including phenoxy) is 1. The fourth-order valence-corrected chi connectivity index (χ4v) is 2.42. The molecule has 0 bridgehead atoms. The predicted molar refractivity (Wildman–Crippen MR) is 62.3 cm³/mol. The highest BCUT2D eigenvalue weighted by molar-refractivity contribution is 5.41. The fraction of sp³-hybridized carbons (Fsp3) is 0.571. The molecule has 0 saturated carbocycles. The molecular formula is C14H19O. The zero-order valence-electron chi connectivity index (χ0n) is 9.84. The molecule has 1 aromatic carbocycles. The van der Waals surface area contributed by atoms with Crippen LogP contribution in [0.25, 0.3) is 0 Å². The summed E-state index contributed by atoms with van der Waals surface area (Å²) >= 11 is 0. The Balaban J connectivity index is 2.26. The number of hydrogen-bond donors (Lipinski definition) is 0. The molecule has 1 heterocycles. The molecule has 0 spiro atoms. The van der Waals surface area contributed by atoms with Gasteiger partial charge in [-0.1, -0.05) is 38.0 Å². The highest BCUT2D eigenvalue weighted by Gasteiger charge is 2.40. The fourth-order valence-electron chi connectivity index (χ4n) is 2.42. The first kappa shape index (κ1) is 10.5. The summed E-state index contributed by atoms with van der Waals surface area (Å²) in [7, 11) is 0. The molecule has 15 heavy (non-hydrogen) atoms. The van der Waals surface area contributed by atoms with Crippen molar-refractivity contribution in [2.75, 3.05) is 0 Å². The van der Waals surface area contributed by atoms with Crippen molar-refractivity contribution in [1.82, 2.24) is 0 Å². The summed E-state index contributed by atoms with van der Waals surface area (Å²) in [5.41, 5.74) is 1.28. The Kier molecular flexibility index (Phi) is 2.72. The molecule has 1 unspecified atom stereocenters. The van der Waals surface area contributed by atoms with Crippen LogP contribution in [0, 0.1) is 6.07 Å². The van der Waals surface area contributed by atoms with Crippen LogP contribution in [-0.2, 0) is 0 Å². The molecule has 1 radical (unpaired) electrons. The van der Waals surface area contributed by atoms with Crippen LogP contribution in [0.3, 0.4) is 0 Å². The minimum atomic E-state index is -0.0602. The van der Waals surface area contributed by atoms with Gasteiger partial charge < -0.3 is 4.74 Å². The van der Waals surface area contributed by atoms with E-state index in [1.54, 1.807) is 0 Å². The maximum Gasteiger partial charge on any atom is 0.131 e. The van der Waals surface area contributed by atoms with Gasteiger partial charge in [-0.25, -0.2) is 0 Å². The van der Waals surface area contributed by atoms with E-state index < -0.39 is 0 Å². The van der Waals surface area contributed by atoms with Gasteiger partial charge >= 0.3 is 0 Å². The molecule has 0 amide bonds. The first-order valence-electron chi connectivity index (χ1n) is 5.84. The standard InChI is InChI=1S/C14H19O/c1-4-5-9-12-11-8-6-7-10-13(11)15-14(12,2)3/h6-8,12H,4-5,9H2,1-3H3. The molecule has 81 valence electrons. The first-order chi connectivity index (χ1) is 7.15. The van der Waals surface area contributed by atoms with Crippen molar-refractivity contribution >= 4 is 0 Å². The number of benzene rings is 1. The second-order valence-corrected chi connectivity index (χ2v) is 4.85. The van der Waals surface area contributed by atoms with E-state index in [1.165, 1.54) is 24.8 Å². The minimum absolute atomic E-state index is 0.0602. The molecule has 1 aliphatic rings. The van der Waals surface area contributed by atoms with E-state index in [9.17, 15) is 0 Å². The Bertz CT molecular complexity index is 341. The van der Waals surface area contributed by atoms with Gasteiger partial charge in [-0.3, -0.25) is 0 Å². The van der Waals surface area contributed by atoms with Crippen molar-refractivity contribution in [1.29, 1.82) is 0 Å². The summed E-state index contributed by atoms with van der Waals surface area (Å²) in [6, 6.07) is 9.36. The van der Waals surface area contributed by atoms with Crippen LogP contribution in [0.5, 0.6) is 5.75 Å². The molecule has 0 fully saturated rings. The summed E-state index contributed by atoms with van der Waals surface area (Å²) in [4.78, 5) is 0. The number of unbranched alkanes of at least 4 members (excludes halogenated alkanes) is 1. The molecule has 0 aromatic heterocycles. The van der Waals surface area contributed by atoms with E-state index in [1.807, 2.05) is 6.07 Å². The molecule has 1 atom stereocenters. The van der Waals surface area contributed by atoms with Crippen molar-refractivity contribution in [3.63, 3.8) is 0 Å². The van der Waals surface area contributed by atoms with Crippen LogP contribution in [0.4, 0.5) is 0 Å². The Morgan fingerprint density at radius 1 is 1.47 bits per heavy atom. The molecule has 1 aromatic rings. The average molecular weight is 203 g/mol. The molecule has 1 aliphatic heterocycles. The van der Waals surface area contributed by atoms with Crippen molar-refractivity contribution in [2.24, 2.45) is 0 Å². The highest BCUT2D eigenvalue weighted by Crippen LogP contribution is 2.46. The predicted octanol–water partition coefficient (Wildman–Crippen LogP) is 3.93. The lowest BCUT2D eigenvalue weighted by Gasteiger charge is -2.26. The van der Waals surface area contributed by atoms with Gasteiger partial charge in [0.25, 0.3) is 0 Å². The number of hydrogen-bond acceptors (Lipinski definition) is 1. The van der Waals surface area contributed by atoms with Crippen LogP contribution < -0.4 is 4.74 Å². The van der Waals surface area contributed by atoms with E-state index >= 15 is 0 Å². The van der Waals surface area contributed by atoms with Gasteiger partial charge in [-0.2, -0.15) is 0 Å². The monoisotopic (exact) mass is 203 g/mol. The molecule has 0 aliphatic carbocycles. The van der Waals surface area contributed by atoms with Crippen LogP contribution in [0.15, 0.2) is 18.2 Å². The Hall–Kier alpha value is -0.980. The SMILES string of the molecule is CCCCC1c2ccc[c]c2OC1(C)C. The lowest BCUT2D eigenvalue weighted by atomic mass is 9.83. The highest BCUT2D eigenvalue weighted by atomic mass is 16.5. The normalized spacial score (nSPS) is 22.2. The largest absolute Gasteiger partial charge is 0.486 e. The topological polar surface area (TPSA) is 9.23 Å². The molecule has 1 heteroatoms. The Morgan fingerprint density at radius 2 is 2.27 bits per heavy atom. The quantitative estimate of drug-likeness (QED) is 0.723. The van der Waals surface area contributed by atoms with Gasteiger partial charge in [0.05, 0.1) is 0 Å². The van der Waals surface area contributed by atoms with Gasteiger partial charge in [-0.15, -0.1) is 0 Å². The van der Waals surface area contributed by atoms with E-state index in [-0.39, 0.29) is 5.60 Å². The molecule has 1 nitrogen and oxygen atoms in total. The smallest absolute Gasteiger partial charge is 0.131 e. The Morgan fingerprint density at radius 3 is 3.00 bits per heavy atom. The zero-order chi connectivity index (χ0) is 10.9. The van der Waals surface area contributed by atoms with Crippen molar-refractivity contribution in [3.05, 3.63) is 29.8 Å². The van der Waals surface area contributed by atoms with Crippen LogP contribution in [0.1, 0.15) is 51.5 Å².